The molecule has 4 heteroatoms. The third-order valence-corrected chi connectivity index (χ3v) is 4.60. The van der Waals surface area contributed by atoms with Crippen LogP contribution in [0.3, 0.4) is 0 Å². The molecule has 1 aliphatic heterocycles. The van der Waals surface area contributed by atoms with Gasteiger partial charge < -0.3 is 10.1 Å². The minimum absolute atomic E-state index is 0.0474. The zero-order chi connectivity index (χ0) is 11.3. The summed E-state index contributed by atoms with van der Waals surface area (Å²) < 4.78 is 0. The Hall–Kier alpha value is -1.42. The topological polar surface area (TPSA) is 53.1 Å². The fourth-order valence-electron chi connectivity index (χ4n) is 2.30. The van der Waals surface area contributed by atoms with Crippen LogP contribution in [-0.2, 0) is 4.79 Å². The van der Waals surface area contributed by atoms with E-state index in [1.165, 1.54) is 17.1 Å². The highest BCUT2D eigenvalue weighted by molar-refractivity contribution is 8.01. The van der Waals surface area contributed by atoms with Gasteiger partial charge in [0.2, 0.25) is 0 Å². The van der Waals surface area contributed by atoms with Crippen LogP contribution >= 0.6 is 11.8 Å². The minimum Gasteiger partial charge on any atom is -0.480 e. The van der Waals surface area contributed by atoms with Crippen LogP contribution in [-0.4, -0.2) is 21.3 Å². The zero-order valence-corrected chi connectivity index (χ0v) is 9.54. The molecule has 0 aliphatic carbocycles. The van der Waals surface area contributed by atoms with Gasteiger partial charge in [-0.2, -0.15) is 0 Å². The van der Waals surface area contributed by atoms with Crippen LogP contribution in [0.1, 0.15) is 18.4 Å². The molecular formula is C12H11NO2S. The fraction of sp³-hybridized carbons (Fsp3) is 0.250. The lowest BCUT2D eigenvalue weighted by Crippen LogP contribution is -2.24. The van der Waals surface area contributed by atoms with Crippen molar-refractivity contribution in [1.29, 1.82) is 0 Å². The third-order valence-electron chi connectivity index (χ3n) is 3.14. The SMILES string of the molecule is C[C@@H]1c2c[nH]c3cccc(c23)S[C@H]1C(=O)O. The van der Waals surface area contributed by atoms with Crippen molar-refractivity contribution >= 4 is 28.6 Å². The number of carboxylic acids is 1. The zero-order valence-electron chi connectivity index (χ0n) is 8.73. The number of rotatable bonds is 1. The average molecular weight is 233 g/mol. The Bertz CT molecular complexity index is 575. The average Bonchev–Trinajstić information content (AvgIpc) is 2.68. The van der Waals surface area contributed by atoms with E-state index in [9.17, 15) is 9.90 Å². The highest BCUT2D eigenvalue weighted by Gasteiger charge is 2.33. The van der Waals surface area contributed by atoms with Gasteiger partial charge in [0.15, 0.2) is 0 Å². The van der Waals surface area contributed by atoms with E-state index in [0.29, 0.717) is 0 Å². The molecule has 3 rings (SSSR count). The first-order chi connectivity index (χ1) is 7.68. The van der Waals surface area contributed by atoms with E-state index in [1.54, 1.807) is 0 Å². The van der Waals surface area contributed by atoms with Crippen LogP contribution < -0.4 is 0 Å². The van der Waals surface area contributed by atoms with Crippen LogP contribution in [0.5, 0.6) is 0 Å². The van der Waals surface area contributed by atoms with Crippen LogP contribution in [0, 0.1) is 0 Å². The van der Waals surface area contributed by atoms with Crippen molar-refractivity contribution in [3.63, 3.8) is 0 Å². The monoisotopic (exact) mass is 233 g/mol. The van der Waals surface area contributed by atoms with E-state index < -0.39 is 5.97 Å². The summed E-state index contributed by atoms with van der Waals surface area (Å²) in [6.45, 7) is 1.98. The van der Waals surface area contributed by atoms with E-state index in [1.807, 2.05) is 31.3 Å². The first-order valence-corrected chi connectivity index (χ1v) is 6.06. The molecule has 16 heavy (non-hydrogen) atoms. The molecule has 82 valence electrons. The molecule has 2 heterocycles. The van der Waals surface area contributed by atoms with Gasteiger partial charge in [0.25, 0.3) is 0 Å². The molecule has 1 aliphatic rings. The van der Waals surface area contributed by atoms with Crippen LogP contribution in [0.15, 0.2) is 29.3 Å². The predicted molar refractivity (Wildman–Crippen MR) is 64.0 cm³/mol. The first kappa shape index (κ1) is 9.78. The van der Waals surface area contributed by atoms with E-state index in [2.05, 4.69) is 4.98 Å². The number of carbonyl (C=O) groups is 1. The summed E-state index contributed by atoms with van der Waals surface area (Å²) in [4.78, 5) is 15.5. The number of aliphatic carboxylic acids is 1. The molecule has 0 saturated carbocycles. The summed E-state index contributed by atoms with van der Waals surface area (Å²) in [7, 11) is 0. The number of aromatic nitrogens is 1. The highest BCUT2D eigenvalue weighted by atomic mass is 32.2. The largest absolute Gasteiger partial charge is 0.480 e. The molecule has 2 aromatic rings. The normalized spacial score (nSPS) is 23.6. The predicted octanol–water partition coefficient (Wildman–Crippen LogP) is 2.83. The smallest absolute Gasteiger partial charge is 0.317 e. The fourth-order valence-corrected chi connectivity index (χ4v) is 3.53. The lowest BCUT2D eigenvalue weighted by molar-refractivity contribution is -0.136. The van der Waals surface area contributed by atoms with Gasteiger partial charge in [0, 0.05) is 27.9 Å². The third kappa shape index (κ3) is 1.19. The minimum atomic E-state index is -0.735. The lowest BCUT2D eigenvalue weighted by atomic mass is 9.96. The van der Waals surface area contributed by atoms with E-state index in [4.69, 9.17) is 0 Å². The molecule has 0 fully saturated rings. The standard InChI is InChI=1S/C12H11NO2S/c1-6-7-5-13-8-3-2-4-9(10(7)8)16-11(6)12(14)15/h2-6,11,13H,1H3,(H,14,15)/t6-,11-/m1/s1. The van der Waals surface area contributed by atoms with Gasteiger partial charge in [-0.1, -0.05) is 13.0 Å². The number of benzene rings is 1. The molecule has 1 aromatic heterocycles. The van der Waals surface area contributed by atoms with E-state index in [-0.39, 0.29) is 11.2 Å². The van der Waals surface area contributed by atoms with Gasteiger partial charge in [0.05, 0.1) is 0 Å². The summed E-state index contributed by atoms with van der Waals surface area (Å²) >= 11 is 1.45. The number of nitrogens with one attached hydrogen (secondary N) is 1. The van der Waals surface area contributed by atoms with Crippen molar-refractivity contribution in [1.82, 2.24) is 4.98 Å². The number of carboxylic acid groups (broad SMARTS) is 1. The van der Waals surface area contributed by atoms with Gasteiger partial charge in [0.1, 0.15) is 5.25 Å². The van der Waals surface area contributed by atoms with Crippen molar-refractivity contribution in [2.45, 2.75) is 23.0 Å². The number of thioether (sulfide) groups is 1. The Balaban J connectivity index is 2.25. The van der Waals surface area contributed by atoms with Crippen molar-refractivity contribution in [2.24, 2.45) is 0 Å². The van der Waals surface area contributed by atoms with E-state index in [0.717, 1.165) is 16.0 Å². The molecule has 0 saturated heterocycles. The van der Waals surface area contributed by atoms with Gasteiger partial charge in [-0.25, -0.2) is 0 Å². The number of aromatic amines is 1. The van der Waals surface area contributed by atoms with Crippen molar-refractivity contribution < 1.29 is 9.90 Å². The maximum atomic E-state index is 11.2. The van der Waals surface area contributed by atoms with Crippen LogP contribution in [0.4, 0.5) is 0 Å². The molecule has 0 spiro atoms. The molecule has 2 N–H and O–H groups in total. The molecule has 1 aromatic carbocycles. The summed E-state index contributed by atoms with van der Waals surface area (Å²) in [5, 5.41) is 10.0. The molecule has 3 nitrogen and oxygen atoms in total. The first-order valence-electron chi connectivity index (χ1n) is 5.18. The highest BCUT2D eigenvalue weighted by Crippen LogP contribution is 2.45. The number of hydrogen-bond donors (Lipinski definition) is 2. The second kappa shape index (κ2) is 3.28. The Morgan fingerprint density at radius 1 is 1.50 bits per heavy atom. The molecule has 2 atom stereocenters. The van der Waals surface area contributed by atoms with Gasteiger partial charge in [-0.15, -0.1) is 11.8 Å². The molecule has 0 unspecified atom stereocenters. The van der Waals surface area contributed by atoms with Crippen LogP contribution in [0.25, 0.3) is 10.9 Å². The second-order valence-electron chi connectivity index (χ2n) is 4.09. The molecule has 0 bridgehead atoms. The van der Waals surface area contributed by atoms with Crippen molar-refractivity contribution in [3.8, 4) is 0 Å². The Kier molecular flexibility index (Phi) is 2.01. The summed E-state index contributed by atoms with van der Waals surface area (Å²) in [6, 6.07) is 5.97. The summed E-state index contributed by atoms with van der Waals surface area (Å²) in [6.07, 6.45) is 1.94. The molecular weight excluding hydrogens is 222 g/mol. The summed E-state index contributed by atoms with van der Waals surface area (Å²) in [5.74, 6) is -0.687. The second-order valence-corrected chi connectivity index (χ2v) is 5.27. The van der Waals surface area contributed by atoms with E-state index >= 15 is 0 Å². The van der Waals surface area contributed by atoms with Crippen LogP contribution in [0.2, 0.25) is 0 Å². The Labute approximate surface area is 96.9 Å². The Morgan fingerprint density at radius 2 is 2.31 bits per heavy atom. The van der Waals surface area contributed by atoms with Gasteiger partial charge in [-0.3, -0.25) is 4.79 Å². The molecule has 0 amide bonds. The number of H-pyrrole nitrogens is 1. The van der Waals surface area contributed by atoms with Crippen molar-refractivity contribution in [2.75, 3.05) is 0 Å². The van der Waals surface area contributed by atoms with Gasteiger partial charge >= 0.3 is 5.97 Å². The maximum absolute atomic E-state index is 11.2. The van der Waals surface area contributed by atoms with Gasteiger partial charge in [-0.05, 0) is 17.7 Å². The quantitative estimate of drug-likeness (QED) is 0.796. The van der Waals surface area contributed by atoms with Crippen molar-refractivity contribution in [3.05, 3.63) is 30.0 Å². The maximum Gasteiger partial charge on any atom is 0.317 e. The summed E-state index contributed by atoms with van der Waals surface area (Å²) in [5.41, 5.74) is 2.22. The lowest BCUT2D eigenvalue weighted by Gasteiger charge is -2.25. The number of hydrogen-bond acceptors (Lipinski definition) is 2. The molecule has 0 radical (unpaired) electrons. The Morgan fingerprint density at radius 3 is 3.06 bits per heavy atom.